The number of nitrogen functional groups attached to an aromatic ring is 1. The number of Topliss-reactive ketones (excluding diaryl/α,β-unsaturated/α-hetero) is 1. The van der Waals surface area contributed by atoms with E-state index in [2.05, 4.69) is 20.9 Å². The van der Waals surface area contributed by atoms with E-state index in [1.807, 2.05) is 18.4 Å². The largest absolute Gasteiger partial charge is 0.398 e. The summed E-state index contributed by atoms with van der Waals surface area (Å²) >= 11 is 4.86. The van der Waals surface area contributed by atoms with E-state index in [1.165, 1.54) is 0 Å². The number of carbonyl (C=O) groups excluding carboxylic acids is 1. The van der Waals surface area contributed by atoms with Crippen LogP contribution >= 0.6 is 27.3 Å². The molecule has 0 unspecified atom stereocenters. The number of nitrogens with two attached hydrogens (primary N) is 1. The van der Waals surface area contributed by atoms with Gasteiger partial charge in [-0.15, -0.1) is 11.3 Å². The zero-order valence-corrected chi connectivity index (χ0v) is 11.6. The molecule has 0 fully saturated rings. The zero-order chi connectivity index (χ0) is 12.4. The lowest BCUT2D eigenvalue weighted by Crippen LogP contribution is -2.07. The molecular formula is C12H11BrN2OS. The number of aryl methyl sites for hydroxylation is 1. The third kappa shape index (κ3) is 2.92. The molecule has 1 aromatic carbocycles. The van der Waals surface area contributed by atoms with Crippen molar-refractivity contribution in [1.29, 1.82) is 0 Å². The molecule has 3 nitrogen and oxygen atoms in total. The van der Waals surface area contributed by atoms with Crippen LogP contribution in [-0.2, 0) is 6.42 Å². The number of aromatic nitrogens is 1. The molecule has 0 aliphatic carbocycles. The van der Waals surface area contributed by atoms with Gasteiger partial charge in [-0.05, 0) is 25.1 Å². The Hall–Kier alpha value is -1.20. The van der Waals surface area contributed by atoms with E-state index in [0.717, 1.165) is 15.2 Å². The van der Waals surface area contributed by atoms with Gasteiger partial charge < -0.3 is 5.73 Å². The Morgan fingerprint density at radius 2 is 2.29 bits per heavy atom. The lowest BCUT2D eigenvalue weighted by molar-refractivity contribution is 0.0993. The lowest BCUT2D eigenvalue weighted by Gasteiger charge is -2.04. The predicted octanol–water partition coefficient (Wildman–Crippen LogP) is 3.22. The van der Waals surface area contributed by atoms with E-state index in [1.54, 1.807) is 23.5 Å². The molecule has 1 aromatic heterocycles. The van der Waals surface area contributed by atoms with Crippen LogP contribution in [0.5, 0.6) is 0 Å². The predicted molar refractivity (Wildman–Crippen MR) is 73.4 cm³/mol. The molecule has 0 aliphatic rings. The first kappa shape index (κ1) is 12.3. The summed E-state index contributed by atoms with van der Waals surface area (Å²) in [5.41, 5.74) is 7.67. The second kappa shape index (κ2) is 4.98. The van der Waals surface area contributed by atoms with Crippen molar-refractivity contribution in [1.82, 2.24) is 4.98 Å². The molecule has 0 bridgehead atoms. The summed E-state index contributed by atoms with van der Waals surface area (Å²) in [6.07, 6.45) is 0.302. The molecule has 2 N–H and O–H groups in total. The Balaban J connectivity index is 2.20. The molecule has 0 spiro atoms. The second-order valence-corrected chi connectivity index (χ2v) is 5.67. The third-order valence-corrected chi connectivity index (χ3v) is 3.64. The minimum atomic E-state index is 0.000278. The maximum atomic E-state index is 12.0. The van der Waals surface area contributed by atoms with E-state index in [9.17, 15) is 4.79 Å². The van der Waals surface area contributed by atoms with Crippen LogP contribution in [0.1, 0.15) is 21.1 Å². The minimum absolute atomic E-state index is 0.000278. The average molecular weight is 311 g/mol. The molecule has 17 heavy (non-hydrogen) atoms. The van der Waals surface area contributed by atoms with Crippen LogP contribution < -0.4 is 5.73 Å². The monoisotopic (exact) mass is 310 g/mol. The number of hydrogen-bond acceptors (Lipinski definition) is 4. The van der Waals surface area contributed by atoms with Gasteiger partial charge in [-0.3, -0.25) is 4.79 Å². The molecule has 88 valence electrons. The van der Waals surface area contributed by atoms with Crippen molar-refractivity contribution in [3.63, 3.8) is 0 Å². The number of anilines is 1. The van der Waals surface area contributed by atoms with Crippen molar-refractivity contribution >= 4 is 38.7 Å². The Morgan fingerprint density at radius 1 is 1.53 bits per heavy atom. The molecular weight excluding hydrogens is 300 g/mol. The van der Waals surface area contributed by atoms with Gasteiger partial charge in [0.15, 0.2) is 5.78 Å². The van der Waals surface area contributed by atoms with E-state index in [4.69, 9.17) is 5.73 Å². The van der Waals surface area contributed by atoms with Crippen molar-refractivity contribution in [2.75, 3.05) is 5.73 Å². The van der Waals surface area contributed by atoms with Crippen molar-refractivity contribution in [3.05, 3.63) is 44.3 Å². The molecule has 2 rings (SSSR count). The van der Waals surface area contributed by atoms with Crippen LogP contribution in [-0.4, -0.2) is 10.8 Å². The molecule has 5 heteroatoms. The Kier molecular flexibility index (Phi) is 3.59. The Bertz CT molecular complexity index is 565. The van der Waals surface area contributed by atoms with Gasteiger partial charge in [-0.2, -0.15) is 0 Å². The number of halogens is 1. The van der Waals surface area contributed by atoms with Gasteiger partial charge >= 0.3 is 0 Å². The lowest BCUT2D eigenvalue weighted by atomic mass is 10.1. The summed E-state index contributed by atoms with van der Waals surface area (Å²) in [4.78, 5) is 16.3. The van der Waals surface area contributed by atoms with Gasteiger partial charge in [-0.1, -0.05) is 15.9 Å². The molecule has 0 atom stereocenters. The van der Waals surface area contributed by atoms with Crippen LogP contribution in [0.4, 0.5) is 5.69 Å². The fraction of sp³-hybridized carbons (Fsp3) is 0.167. The van der Waals surface area contributed by atoms with Crippen LogP contribution in [0.2, 0.25) is 0 Å². The summed E-state index contributed by atoms with van der Waals surface area (Å²) in [6, 6.07) is 5.29. The molecule has 0 radical (unpaired) electrons. The van der Waals surface area contributed by atoms with E-state index < -0.39 is 0 Å². The van der Waals surface area contributed by atoms with Crippen LogP contribution in [0.15, 0.2) is 28.1 Å². The van der Waals surface area contributed by atoms with Gasteiger partial charge in [0.25, 0.3) is 0 Å². The van der Waals surface area contributed by atoms with Gasteiger partial charge in [0.2, 0.25) is 0 Å². The first-order chi connectivity index (χ1) is 8.06. The molecule has 0 amide bonds. The van der Waals surface area contributed by atoms with Crippen molar-refractivity contribution < 1.29 is 4.79 Å². The molecule has 1 heterocycles. The van der Waals surface area contributed by atoms with Gasteiger partial charge in [-0.25, -0.2) is 4.98 Å². The summed E-state index contributed by atoms with van der Waals surface area (Å²) < 4.78 is 0.871. The highest BCUT2D eigenvalue weighted by molar-refractivity contribution is 9.10. The van der Waals surface area contributed by atoms with Crippen LogP contribution in [0, 0.1) is 6.92 Å². The number of thiazole rings is 1. The van der Waals surface area contributed by atoms with Crippen LogP contribution in [0.25, 0.3) is 0 Å². The number of benzene rings is 1. The summed E-state index contributed by atoms with van der Waals surface area (Å²) in [6.45, 7) is 1.92. The molecule has 0 saturated heterocycles. The van der Waals surface area contributed by atoms with Gasteiger partial charge in [0.1, 0.15) is 0 Å². The molecule has 0 saturated carbocycles. The summed E-state index contributed by atoms with van der Waals surface area (Å²) in [5.74, 6) is 0.000278. The van der Waals surface area contributed by atoms with Gasteiger partial charge in [0.05, 0.1) is 17.1 Å². The zero-order valence-electron chi connectivity index (χ0n) is 9.24. The van der Waals surface area contributed by atoms with E-state index >= 15 is 0 Å². The maximum Gasteiger partial charge on any atom is 0.170 e. The molecule has 0 aliphatic heterocycles. The summed E-state index contributed by atoms with van der Waals surface area (Å²) in [7, 11) is 0. The fourth-order valence-electron chi connectivity index (χ4n) is 1.54. The SMILES string of the molecule is Cc1nc(CC(=O)c2ccc(Br)cc2N)cs1. The Morgan fingerprint density at radius 3 is 2.88 bits per heavy atom. The minimum Gasteiger partial charge on any atom is -0.398 e. The second-order valence-electron chi connectivity index (χ2n) is 3.69. The number of carbonyl (C=O) groups is 1. The number of hydrogen-bond donors (Lipinski definition) is 1. The fourth-order valence-corrected chi connectivity index (χ4v) is 2.53. The highest BCUT2D eigenvalue weighted by Gasteiger charge is 2.12. The quantitative estimate of drug-likeness (QED) is 0.699. The number of nitrogens with zero attached hydrogens (tertiary/aromatic N) is 1. The topological polar surface area (TPSA) is 56.0 Å². The smallest absolute Gasteiger partial charge is 0.170 e. The average Bonchev–Trinajstić information content (AvgIpc) is 2.63. The number of ketones is 1. The standard InChI is InChI=1S/C12H11BrN2OS/c1-7-15-9(6-17-7)5-12(16)10-3-2-8(13)4-11(10)14/h2-4,6H,5,14H2,1H3. The third-order valence-electron chi connectivity index (χ3n) is 2.32. The maximum absolute atomic E-state index is 12.0. The first-order valence-electron chi connectivity index (χ1n) is 5.05. The summed E-state index contributed by atoms with van der Waals surface area (Å²) in [5, 5.41) is 2.87. The van der Waals surface area contributed by atoms with Crippen molar-refractivity contribution in [2.45, 2.75) is 13.3 Å². The van der Waals surface area contributed by atoms with Crippen molar-refractivity contribution in [2.24, 2.45) is 0 Å². The first-order valence-corrected chi connectivity index (χ1v) is 6.73. The highest BCUT2D eigenvalue weighted by atomic mass is 79.9. The van der Waals surface area contributed by atoms with Crippen LogP contribution in [0.3, 0.4) is 0 Å². The van der Waals surface area contributed by atoms with E-state index in [0.29, 0.717) is 17.7 Å². The highest BCUT2D eigenvalue weighted by Crippen LogP contribution is 2.20. The van der Waals surface area contributed by atoms with Gasteiger partial charge in [0, 0.05) is 21.1 Å². The van der Waals surface area contributed by atoms with E-state index in [-0.39, 0.29) is 5.78 Å². The van der Waals surface area contributed by atoms with Crippen molar-refractivity contribution in [3.8, 4) is 0 Å². The molecule has 2 aromatic rings. The normalized spacial score (nSPS) is 10.5. The number of rotatable bonds is 3. The Labute approximate surface area is 112 Å².